The summed E-state index contributed by atoms with van der Waals surface area (Å²) in [5.74, 6) is -0.431. The van der Waals surface area contributed by atoms with Crippen molar-refractivity contribution >= 4 is 12.1 Å². The molecule has 1 atom stereocenters. The molecule has 6 heteroatoms. The summed E-state index contributed by atoms with van der Waals surface area (Å²) in [4.78, 5) is 11.8. The fraction of sp³-hybridized carbons (Fsp3) is 0.118. The van der Waals surface area contributed by atoms with Crippen molar-refractivity contribution < 1.29 is 13.9 Å². The van der Waals surface area contributed by atoms with Gasteiger partial charge in [-0.25, -0.2) is 9.82 Å². The van der Waals surface area contributed by atoms with E-state index >= 15 is 0 Å². The fourth-order valence-electron chi connectivity index (χ4n) is 1.70. The van der Waals surface area contributed by atoms with Crippen LogP contribution in [0.5, 0.6) is 5.75 Å². The molecule has 2 aromatic carbocycles. The van der Waals surface area contributed by atoms with Crippen molar-refractivity contribution in [3.05, 3.63) is 65.5 Å². The first-order valence-corrected chi connectivity index (χ1v) is 6.84. The highest BCUT2D eigenvalue weighted by atomic mass is 19.1. The Morgan fingerprint density at radius 2 is 2.00 bits per heavy atom. The first kappa shape index (κ1) is 16.2. The Morgan fingerprint density at radius 1 is 1.30 bits per heavy atom. The minimum Gasteiger partial charge on any atom is -0.481 e. The molecule has 0 saturated heterocycles. The number of hydrogen-bond acceptors (Lipinski definition) is 4. The van der Waals surface area contributed by atoms with Crippen LogP contribution in [-0.4, -0.2) is 18.2 Å². The van der Waals surface area contributed by atoms with Crippen molar-refractivity contribution in [2.24, 2.45) is 5.10 Å². The number of rotatable bonds is 5. The van der Waals surface area contributed by atoms with Crippen molar-refractivity contribution in [1.29, 1.82) is 5.26 Å². The molecule has 23 heavy (non-hydrogen) atoms. The summed E-state index contributed by atoms with van der Waals surface area (Å²) in [6.45, 7) is 1.56. The molecule has 0 aliphatic carbocycles. The number of ether oxygens (including phenoxy) is 1. The van der Waals surface area contributed by atoms with E-state index < -0.39 is 17.8 Å². The molecule has 1 unspecified atom stereocenters. The lowest BCUT2D eigenvalue weighted by Crippen LogP contribution is -2.33. The minimum atomic E-state index is -0.791. The van der Waals surface area contributed by atoms with Gasteiger partial charge in [0.1, 0.15) is 11.6 Å². The molecule has 0 spiro atoms. The van der Waals surface area contributed by atoms with E-state index in [-0.39, 0.29) is 5.56 Å². The molecular weight excluding hydrogens is 297 g/mol. The second-order valence-electron chi connectivity index (χ2n) is 4.65. The van der Waals surface area contributed by atoms with E-state index in [1.165, 1.54) is 12.3 Å². The molecule has 0 fully saturated rings. The number of nitrogens with zero attached hydrogens (tertiary/aromatic N) is 2. The summed E-state index contributed by atoms with van der Waals surface area (Å²) in [6, 6.07) is 14.5. The monoisotopic (exact) mass is 311 g/mol. The van der Waals surface area contributed by atoms with Crippen LogP contribution in [0.3, 0.4) is 0 Å². The fourth-order valence-corrected chi connectivity index (χ4v) is 1.70. The Morgan fingerprint density at radius 3 is 2.65 bits per heavy atom. The summed E-state index contributed by atoms with van der Waals surface area (Å²) in [5, 5.41) is 12.4. The van der Waals surface area contributed by atoms with Gasteiger partial charge in [-0.3, -0.25) is 4.79 Å². The van der Waals surface area contributed by atoms with E-state index in [1.807, 2.05) is 6.07 Å². The zero-order chi connectivity index (χ0) is 16.7. The summed E-state index contributed by atoms with van der Waals surface area (Å²) >= 11 is 0. The molecule has 1 amide bonds. The first-order chi connectivity index (χ1) is 11.1. The Balaban J connectivity index is 1.89. The number of amides is 1. The Labute approximate surface area is 133 Å². The average molecular weight is 311 g/mol. The number of benzene rings is 2. The standard InChI is InChI=1S/C17H14FN3O2/c1-12(23-15-8-6-13(10-19)7-9-15)17(22)21-20-11-14-4-2-3-5-16(14)18/h2-9,11-12H,1H3,(H,21,22)/b20-11+. The van der Waals surface area contributed by atoms with Crippen LogP contribution < -0.4 is 10.2 Å². The lowest BCUT2D eigenvalue weighted by Gasteiger charge is -2.12. The molecule has 2 rings (SSSR count). The van der Waals surface area contributed by atoms with E-state index in [4.69, 9.17) is 10.00 Å². The summed E-state index contributed by atoms with van der Waals surface area (Å²) in [6.07, 6.45) is 0.433. The maximum atomic E-state index is 13.4. The number of carbonyl (C=O) groups is 1. The highest BCUT2D eigenvalue weighted by Gasteiger charge is 2.13. The van der Waals surface area contributed by atoms with Gasteiger partial charge in [0, 0.05) is 5.56 Å². The zero-order valence-corrected chi connectivity index (χ0v) is 12.4. The quantitative estimate of drug-likeness (QED) is 0.681. The van der Waals surface area contributed by atoms with Gasteiger partial charge < -0.3 is 4.74 Å². The first-order valence-electron chi connectivity index (χ1n) is 6.84. The molecule has 5 nitrogen and oxygen atoms in total. The Hall–Kier alpha value is -3.20. The van der Waals surface area contributed by atoms with Crippen molar-refractivity contribution in [2.75, 3.05) is 0 Å². The van der Waals surface area contributed by atoms with Gasteiger partial charge in [0.15, 0.2) is 6.10 Å². The van der Waals surface area contributed by atoms with Gasteiger partial charge in [-0.15, -0.1) is 0 Å². The van der Waals surface area contributed by atoms with Crippen LogP contribution in [0.15, 0.2) is 53.6 Å². The van der Waals surface area contributed by atoms with Gasteiger partial charge in [0.05, 0.1) is 17.8 Å². The largest absolute Gasteiger partial charge is 0.481 e. The molecule has 116 valence electrons. The predicted octanol–water partition coefficient (Wildman–Crippen LogP) is 2.61. The molecule has 0 aliphatic rings. The van der Waals surface area contributed by atoms with Gasteiger partial charge in [0.2, 0.25) is 0 Å². The number of hydrogen-bond donors (Lipinski definition) is 1. The van der Waals surface area contributed by atoms with Crippen molar-refractivity contribution in [1.82, 2.24) is 5.43 Å². The maximum Gasteiger partial charge on any atom is 0.280 e. The molecule has 1 N–H and O–H groups in total. The minimum absolute atomic E-state index is 0.272. The van der Waals surface area contributed by atoms with E-state index in [0.717, 1.165) is 0 Å². The van der Waals surface area contributed by atoms with Gasteiger partial charge in [0.25, 0.3) is 5.91 Å². The van der Waals surface area contributed by atoms with Gasteiger partial charge in [-0.2, -0.15) is 10.4 Å². The lowest BCUT2D eigenvalue weighted by atomic mass is 10.2. The lowest BCUT2D eigenvalue weighted by molar-refractivity contribution is -0.127. The number of nitriles is 1. The van der Waals surface area contributed by atoms with E-state index in [2.05, 4.69) is 10.5 Å². The maximum absolute atomic E-state index is 13.4. The van der Waals surface area contributed by atoms with E-state index in [9.17, 15) is 9.18 Å². The SMILES string of the molecule is CC(Oc1ccc(C#N)cc1)C(=O)N/N=C/c1ccccc1F. The third-order valence-corrected chi connectivity index (χ3v) is 2.95. The second kappa shape index (κ2) is 7.71. The zero-order valence-electron chi connectivity index (χ0n) is 12.4. The number of carbonyl (C=O) groups excluding carboxylic acids is 1. The number of hydrazone groups is 1. The molecule has 0 saturated carbocycles. The van der Waals surface area contributed by atoms with Gasteiger partial charge in [-0.05, 0) is 37.3 Å². The highest BCUT2D eigenvalue weighted by Crippen LogP contribution is 2.13. The van der Waals surface area contributed by atoms with Crippen LogP contribution in [0.25, 0.3) is 0 Å². The smallest absolute Gasteiger partial charge is 0.280 e. The molecule has 0 bridgehead atoms. The van der Waals surface area contributed by atoms with Crippen molar-refractivity contribution in [2.45, 2.75) is 13.0 Å². The van der Waals surface area contributed by atoms with Gasteiger partial charge in [-0.1, -0.05) is 18.2 Å². The Kier molecular flexibility index (Phi) is 5.42. The van der Waals surface area contributed by atoms with Crippen molar-refractivity contribution in [3.63, 3.8) is 0 Å². The van der Waals surface area contributed by atoms with Crippen LogP contribution in [0.4, 0.5) is 4.39 Å². The van der Waals surface area contributed by atoms with Crippen LogP contribution in [0.2, 0.25) is 0 Å². The normalized spacial score (nSPS) is 11.7. The molecule has 0 heterocycles. The topological polar surface area (TPSA) is 74.5 Å². The van der Waals surface area contributed by atoms with Gasteiger partial charge >= 0.3 is 0 Å². The van der Waals surface area contributed by atoms with Crippen LogP contribution >= 0.6 is 0 Å². The average Bonchev–Trinajstić information content (AvgIpc) is 2.57. The molecule has 0 aromatic heterocycles. The molecule has 0 aliphatic heterocycles. The predicted molar refractivity (Wildman–Crippen MR) is 83.4 cm³/mol. The number of halogens is 1. The summed E-state index contributed by atoms with van der Waals surface area (Å²) in [7, 11) is 0. The summed E-state index contributed by atoms with van der Waals surface area (Å²) < 4.78 is 18.8. The third kappa shape index (κ3) is 4.64. The van der Waals surface area contributed by atoms with Crippen LogP contribution in [0.1, 0.15) is 18.1 Å². The molecular formula is C17H14FN3O2. The van der Waals surface area contributed by atoms with Crippen LogP contribution in [-0.2, 0) is 4.79 Å². The molecule has 2 aromatic rings. The third-order valence-electron chi connectivity index (χ3n) is 2.95. The second-order valence-corrected chi connectivity index (χ2v) is 4.65. The molecule has 0 radical (unpaired) electrons. The number of nitrogens with one attached hydrogen (secondary N) is 1. The van der Waals surface area contributed by atoms with Crippen LogP contribution in [0, 0.1) is 17.1 Å². The van der Waals surface area contributed by atoms with Crippen molar-refractivity contribution in [3.8, 4) is 11.8 Å². The highest BCUT2D eigenvalue weighted by molar-refractivity contribution is 5.84. The van der Waals surface area contributed by atoms with E-state index in [1.54, 1.807) is 49.4 Å². The Bertz CT molecular complexity index is 751. The van der Waals surface area contributed by atoms with E-state index in [0.29, 0.717) is 11.3 Å². The summed E-state index contributed by atoms with van der Waals surface area (Å²) in [5.41, 5.74) is 3.06.